The number of hydrogen-bond donors (Lipinski definition) is 0. The average molecular weight is 251 g/mol. The van der Waals surface area contributed by atoms with Crippen LogP contribution in [0.3, 0.4) is 0 Å². The molecule has 0 fully saturated rings. The molecule has 0 aliphatic carbocycles. The molecular weight excluding hydrogens is 226 g/mol. The van der Waals surface area contributed by atoms with E-state index in [9.17, 15) is 0 Å². The van der Waals surface area contributed by atoms with Gasteiger partial charge in [0.25, 0.3) is 0 Å². The van der Waals surface area contributed by atoms with Gasteiger partial charge in [-0.05, 0) is 46.2 Å². The second kappa shape index (κ2) is 7.39. The van der Waals surface area contributed by atoms with Crippen molar-refractivity contribution in [3.05, 3.63) is 29.8 Å². The van der Waals surface area contributed by atoms with Gasteiger partial charge in [0.1, 0.15) is 12.5 Å². The van der Waals surface area contributed by atoms with Gasteiger partial charge < -0.3 is 14.4 Å². The molecule has 2 atom stereocenters. The first-order valence-corrected chi connectivity index (χ1v) is 6.69. The molecule has 18 heavy (non-hydrogen) atoms. The molecule has 0 bridgehead atoms. The Balaban J connectivity index is 3.00. The van der Waals surface area contributed by atoms with Crippen LogP contribution in [0.1, 0.15) is 33.3 Å². The second-order valence-corrected chi connectivity index (χ2v) is 4.30. The highest BCUT2D eigenvalue weighted by atomic mass is 16.5. The first-order chi connectivity index (χ1) is 8.61. The summed E-state index contributed by atoms with van der Waals surface area (Å²) in [4.78, 5) is 2.18. The summed E-state index contributed by atoms with van der Waals surface area (Å²) in [6.45, 7) is 11.6. The Bertz CT molecular complexity index is 342. The van der Waals surface area contributed by atoms with Crippen molar-refractivity contribution in [2.24, 2.45) is 0 Å². The van der Waals surface area contributed by atoms with Crippen LogP contribution in [-0.4, -0.2) is 25.7 Å². The molecule has 0 aromatic heterocycles. The highest BCUT2D eigenvalue weighted by molar-refractivity contribution is 5.53. The Morgan fingerprint density at radius 2 is 1.50 bits per heavy atom. The molecule has 0 aliphatic heterocycles. The van der Waals surface area contributed by atoms with E-state index in [-0.39, 0.29) is 12.5 Å². The highest BCUT2D eigenvalue weighted by Gasteiger charge is 2.22. The van der Waals surface area contributed by atoms with Gasteiger partial charge in [-0.1, -0.05) is 18.2 Å². The van der Waals surface area contributed by atoms with E-state index < -0.39 is 0 Å². The molecule has 0 amide bonds. The van der Waals surface area contributed by atoms with Crippen molar-refractivity contribution in [3.63, 3.8) is 0 Å². The maximum atomic E-state index is 5.73. The topological polar surface area (TPSA) is 21.7 Å². The van der Waals surface area contributed by atoms with Gasteiger partial charge in [-0.15, -0.1) is 0 Å². The molecule has 102 valence electrons. The third kappa shape index (κ3) is 3.72. The molecule has 3 heteroatoms. The van der Waals surface area contributed by atoms with Crippen molar-refractivity contribution in [1.82, 2.24) is 0 Å². The van der Waals surface area contributed by atoms with E-state index >= 15 is 0 Å². The zero-order valence-electron chi connectivity index (χ0n) is 12.1. The van der Waals surface area contributed by atoms with Gasteiger partial charge in [0.15, 0.2) is 0 Å². The lowest BCUT2D eigenvalue weighted by Gasteiger charge is -2.36. The largest absolute Gasteiger partial charge is 0.359 e. The first-order valence-electron chi connectivity index (χ1n) is 6.69. The monoisotopic (exact) mass is 251 g/mol. The Morgan fingerprint density at radius 1 is 1.00 bits per heavy atom. The van der Waals surface area contributed by atoms with Gasteiger partial charge in [0, 0.05) is 18.9 Å². The van der Waals surface area contributed by atoms with E-state index in [1.807, 2.05) is 26.0 Å². The van der Waals surface area contributed by atoms with Gasteiger partial charge in [-0.2, -0.15) is 0 Å². The third-order valence-electron chi connectivity index (χ3n) is 2.99. The summed E-state index contributed by atoms with van der Waals surface area (Å²) in [5.74, 6) is 0. The fourth-order valence-corrected chi connectivity index (χ4v) is 2.18. The summed E-state index contributed by atoms with van der Waals surface area (Å²) in [6.07, 6.45) is -0.00435. The van der Waals surface area contributed by atoms with E-state index in [2.05, 4.69) is 37.8 Å². The molecule has 0 heterocycles. The summed E-state index contributed by atoms with van der Waals surface area (Å²) in [6, 6.07) is 8.32. The average Bonchev–Trinajstić information content (AvgIpc) is 2.33. The van der Waals surface area contributed by atoms with Gasteiger partial charge in [0.05, 0.1) is 0 Å². The molecule has 1 rings (SSSR count). The molecule has 3 nitrogen and oxygen atoms in total. The number of hydrogen-bond acceptors (Lipinski definition) is 3. The molecule has 0 radical (unpaired) electrons. The Labute approximate surface area is 111 Å². The summed E-state index contributed by atoms with van der Waals surface area (Å²) < 4.78 is 11.5. The number of para-hydroxylation sites is 1. The lowest BCUT2D eigenvalue weighted by molar-refractivity contribution is 0.00815. The molecule has 0 saturated heterocycles. The van der Waals surface area contributed by atoms with Crippen molar-refractivity contribution in [3.8, 4) is 0 Å². The number of ether oxygens (including phenoxy) is 2. The zero-order valence-corrected chi connectivity index (χ0v) is 12.1. The van der Waals surface area contributed by atoms with Gasteiger partial charge >= 0.3 is 0 Å². The number of anilines is 1. The van der Waals surface area contributed by atoms with Crippen LogP contribution < -0.4 is 4.90 Å². The second-order valence-electron chi connectivity index (χ2n) is 4.30. The third-order valence-corrected chi connectivity index (χ3v) is 2.99. The molecule has 0 aliphatic rings. The summed E-state index contributed by atoms with van der Waals surface area (Å²) >= 11 is 0. The Kier molecular flexibility index (Phi) is 6.16. The predicted molar refractivity (Wildman–Crippen MR) is 75.8 cm³/mol. The fourth-order valence-electron chi connectivity index (χ4n) is 2.18. The lowest BCUT2D eigenvalue weighted by atomic mass is 10.1. The summed E-state index contributed by atoms with van der Waals surface area (Å²) in [5, 5.41) is 0. The normalized spacial score (nSPS) is 14.3. The van der Waals surface area contributed by atoms with E-state index in [1.165, 1.54) is 11.3 Å². The lowest BCUT2D eigenvalue weighted by Crippen LogP contribution is -2.43. The number of benzene rings is 1. The molecule has 0 spiro atoms. The molecule has 1 aromatic carbocycles. The van der Waals surface area contributed by atoms with Crippen LogP contribution in [0, 0.1) is 6.92 Å². The highest BCUT2D eigenvalue weighted by Crippen LogP contribution is 2.25. The standard InChI is InChI=1S/C15H25NO2/c1-6-17-13(4)16(14(5)18-7-2)15-11-9-8-10-12(15)3/h8-11,13-14H,6-7H2,1-5H3. The molecule has 0 N–H and O–H groups in total. The summed E-state index contributed by atoms with van der Waals surface area (Å²) in [7, 11) is 0. The van der Waals surface area contributed by atoms with Gasteiger partial charge in [-0.25, -0.2) is 0 Å². The van der Waals surface area contributed by atoms with Crippen LogP contribution in [0.25, 0.3) is 0 Å². The van der Waals surface area contributed by atoms with Crippen molar-refractivity contribution < 1.29 is 9.47 Å². The zero-order chi connectivity index (χ0) is 13.5. The van der Waals surface area contributed by atoms with Crippen LogP contribution in [0.15, 0.2) is 24.3 Å². The number of nitrogens with zero attached hydrogens (tertiary/aromatic N) is 1. The quantitative estimate of drug-likeness (QED) is 0.692. The molecular formula is C15H25NO2. The minimum absolute atomic E-state index is 0.00218. The smallest absolute Gasteiger partial charge is 0.129 e. The Hall–Kier alpha value is -1.06. The van der Waals surface area contributed by atoms with E-state index in [1.54, 1.807) is 0 Å². The van der Waals surface area contributed by atoms with Crippen molar-refractivity contribution >= 4 is 5.69 Å². The van der Waals surface area contributed by atoms with E-state index in [0.29, 0.717) is 13.2 Å². The van der Waals surface area contributed by atoms with Crippen LogP contribution in [0.5, 0.6) is 0 Å². The first kappa shape index (κ1) is 15.0. The van der Waals surface area contributed by atoms with Crippen LogP contribution >= 0.6 is 0 Å². The molecule has 1 aromatic rings. The minimum atomic E-state index is -0.00218. The number of aryl methyl sites for hydroxylation is 1. The van der Waals surface area contributed by atoms with Crippen molar-refractivity contribution in [2.45, 2.75) is 47.1 Å². The van der Waals surface area contributed by atoms with Crippen LogP contribution in [0.2, 0.25) is 0 Å². The predicted octanol–water partition coefficient (Wildman–Crippen LogP) is 3.57. The van der Waals surface area contributed by atoms with Crippen LogP contribution in [0.4, 0.5) is 5.69 Å². The Morgan fingerprint density at radius 3 is 1.94 bits per heavy atom. The minimum Gasteiger partial charge on any atom is -0.359 e. The van der Waals surface area contributed by atoms with Gasteiger partial charge in [0.2, 0.25) is 0 Å². The van der Waals surface area contributed by atoms with Gasteiger partial charge in [-0.3, -0.25) is 0 Å². The van der Waals surface area contributed by atoms with E-state index in [0.717, 1.165) is 0 Å². The SMILES string of the molecule is CCOC(C)N(c1ccccc1C)C(C)OCC. The molecule has 0 saturated carbocycles. The maximum absolute atomic E-state index is 5.73. The number of rotatable bonds is 7. The van der Waals surface area contributed by atoms with Crippen molar-refractivity contribution in [2.75, 3.05) is 18.1 Å². The van der Waals surface area contributed by atoms with Crippen LogP contribution in [-0.2, 0) is 9.47 Å². The van der Waals surface area contributed by atoms with E-state index in [4.69, 9.17) is 9.47 Å². The summed E-state index contributed by atoms with van der Waals surface area (Å²) in [5.41, 5.74) is 2.40. The fraction of sp³-hybridized carbons (Fsp3) is 0.600. The maximum Gasteiger partial charge on any atom is 0.129 e. The van der Waals surface area contributed by atoms with Crippen molar-refractivity contribution in [1.29, 1.82) is 0 Å². The molecule has 2 unspecified atom stereocenters.